The number of aromatic nitrogens is 1. The van der Waals surface area contributed by atoms with Gasteiger partial charge in [-0.1, -0.05) is 12.8 Å². The number of anilines is 1. The molecular formula is C15H23ClN2. The monoisotopic (exact) mass is 266 g/mol. The van der Waals surface area contributed by atoms with Crippen LogP contribution in [0.4, 0.5) is 5.82 Å². The number of nitrogens with zero attached hydrogens (tertiary/aromatic N) is 2. The normalized spacial score (nSPS) is 16.2. The third-order valence-corrected chi connectivity index (χ3v) is 4.23. The first kappa shape index (κ1) is 13.7. The second-order valence-corrected chi connectivity index (χ2v) is 5.51. The third-order valence-electron chi connectivity index (χ3n) is 3.97. The van der Waals surface area contributed by atoms with E-state index in [1.165, 1.54) is 36.8 Å². The number of alkyl halides is 1. The van der Waals surface area contributed by atoms with Gasteiger partial charge in [0, 0.05) is 23.8 Å². The van der Waals surface area contributed by atoms with Gasteiger partial charge in [0.15, 0.2) is 0 Å². The molecule has 0 spiro atoms. The van der Waals surface area contributed by atoms with Crippen LogP contribution in [0.25, 0.3) is 0 Å². The van der Waals surface area contributed by atoms with Crippen molar-refractivity contribution in [2.45, 2.75) is 58.4 Å². The van der Waals surface area contributed by atoms with Gasteiger partial charge in [0.1, 0.15) is 5.82 Å². The highest BCUT2D eigenvalue weighted by atomic mass is 35.5. The smallest absolute Gasteiger partial charge is 0.133 e. The molecule has 0 saturated heterocycles. The maximum Gasteiger partial charge on any atom is 0.133 e. The molecule has 3 heteroatoms. The molecule has 100 valence electrons. The highest BCUT2D eigenvalue weighted by Crippen LogP contribution is 2.31. The van der Waals surface area contributed by atoms with E-state index < -0.39 is 0 Å². The SMILES string of the molecule is CCN(c1nc(C)cc(C)c1CCl)C1CCCC1. The number of hydrogen-bond donors (Lipinski definition) is 0. The molecule has 1 aliphatic rings. The van der Waals surface area contributed by atoms with Crippen molar-refractivity contribution in [3.8, 4) is 0 Å². The summed E-state index contributed by atoms with van der Waals surface area (Å²) in [6, 6.07) is 2.79. The molecule has 1 saturated carbocycles. The Morgan fingerprint density at radius 3 is 2.56 bits per heavy atom. The molecule has 2 nitrogen and oxygen atoms in total. The Balaban J connectivity index is 2.39. The van der Waals surface area contributed by atoms with Crippen LogP contribution in [-0.4, -0.2) is 17.6 Å². The van der Waals surface area contributed by atoms with E-state index in [9.17, 15) is 0 Å². The maximum absolute atomic E-state index is 6.13. The van der Waals surface area contributed by atoms with E-state index in [1.807, 2.05) is 0 Å². The van der Waals surface area contributed by atoms with Gasteiger partial charge in [-0.2, -0.15) is 0 Å². The Labute approximate surface area is 115 Å². The zero-order valence-corrected chi connectivity index (χ0v) is 12.4. The molecule has 0 atom stereocenters. The van der Waals surface area contributed by atoms with Crippen LogP contribution in [0.1, 0.15) is 49.4 Å². The van der Waals surface area contributed by atoms with Crippen LogP contribution in [-0.2, 0) is 5.88 Å². The van der Waals surface area contributed by atoms with Crippen LogP contribution in [0.5, 0.6) is 0 Å². The summed E-state index contributed by atoms with van der Waals surface area (Å²) in [7, 11) is 0. The van der Waals surface area contributed by atoms with Crippen LogP contribution < -0.4 is 4.90 Å². The first-order chi connectivity index (χ1) is 8.67. The van der Waals surface area contributed by atoms with Crippen LogP contribution in [0.3, 0.4) is 0 Å². The molecule has 2 rings (SSSR count). The van der Waals surface area contributed by atoms with Gasteiger partial charge < -0.3 is 4.90 Å². The van der Waals surface area contributed by atoms with E-state index in [0.29, 0.717) is 11.9 Å². The summed E-state index contributed by atoms with van der Waals surface area (Å²) < 4.78 is 0. The first-order valence-corrected chi connectivity index (χ1v) is 7.50. The van der Waals surface area contributed by atoms with Crippen LogP contribution in [0, 0.1) is 13.8 Å². The quantitative estimate of drug-likeness (QED) is 0.759. The molecule has 0 N–H and O–H groups in total. The standard InChI is InChI=1S/C15H23ClN2/c1-4-18(13-7-5-6-8-13)15-14(10-16)11(2)9-12(3)17-15/h9,13H,4-8,10H2,1-3H3. The summed E-state index contributed by atoms with van der Waals surface area (Å²) in [6.45, 7) is 7.44. The van der Waals surface area contributed by atoms with Gasteiger partial charge in [-0.15, -0.1) is 11.6 Å². The predicted octanol–water partition coefficient (Wildman–Crippen LogP) is 4.21. The Bertz CT molecular complexity index is 411. The van der Waals surface area contributed by atoms with Gasteiger partial charge in [0.2, 0.25) is 0 Å². The van der Waals surface area contributed by atoms with Crippen molar-refractivity contribution in [3.05, 3.63) is 22.9 Å². The van der Waals surface area contributed by atoms with Crippen molar-refractivity contribution >= 4 is 17.4 Å². The van der Waals surface area contributed by atoms with Crippen LogP contribution in [0.15, 0.2) is 6.07 Å². The van der Waals surface area contributed by atoms with Gasteiger partial charge in [-0.05, 0) is 45.2 Å². The van der Waals surface area contributed by atoms with Crippen molar-refractivity contribution in [2.24, 2.45) is 0 Å². The van der Waals surface area contributed by atoms with Crippen molar-refractivity contribution in [1.29, 1.82) is 0 Å². The molecule has 1 heterocycles. The molecule has 0 unspecified atom stereocenters. The lowest BCUT2D eigenvalue weighted by Gasteiger charge is -2.31. The van der Waals surface area contributed by atoms with E-state index >= 15 is 0 Å². The van der Waals surface area contributed by atoms with Gasteiger partial charge in [0.05, 0.1) is 5.88 Å². The van der Waals surface area contributed by atoms with Gasteiger partial charge in [0.25, 0.3) is 0 Å². The Hall–Kier alpha value is -0.760. The largest absolute Gasteiger partial charge is 0.354 e. The van der Waals surface area contributed by atoms with E-state index in [4.69, 9.17) is 16.6 Å². The average Bonchev–Trinajstić information content (AvgIpc) is 2.83. The molecule has 18 heavy (non-hydrogen) atoms. The molecule has 1 fully saturated rings. The average molecular weight is 267 g/mol. The zero-order chi connectivity index (χ0) is 13.1. The van der Waals surface area contributed by atoms with E-state index in [-0.39, 0.29) is 0 Å². The molecule has 0 radical (unpaired) electrons. The van der Waals surface area contributed by atoms with E-state index in [1.54, 1.807) is 0 Å². The summed E-state index contributed by atoms with van der Waals surface area (Å²) in [5.74, 6) is 1.68. The second-order valence-electron chi connectivity index (χ2n) is 5.24. The molecule has 1 aromatic heterocycles. The summed E-state index contributed by atoms with van der Waals surface area (Å²) in [6.07, 6.45) is 5.29. The summed E-state index contributed by atoms with van der Waals surface area (Å²) in [4.78, 5) is 7.23. The fourth-order valence-electron chi connectivity index (χ4n) is 3.04. The lowest BCUT2D eigenvalue weighted by molar-refractivity contribution is 0.610. The van der Waals surface area contributed by atoms with E-state index in [0.717, 1.165) is 18.1 Å². The highest BCUT2D eigenvalue weighted by Gasteiger charge is 2.24. The van der Waals surface area contributed by atoms with Crippen LogP contribution >= 0.6 is 11.6 Å². The number of rotatable bonds is 4. The van der Waals surface area contributed by atoms with Crippen molar-refractivity contribution in [2.75, 3.05) is 11.4 Å². The number of pyridine rings is 1. The van der Waals surface area contributed by atoms with E-state index in [2.05, 4.69) is 31.7 Å². The molecular weight excluding hydrogens is 244 g/mol. The molecule has 1 aromatic rings. The van der Waals surface area contributed by atoms with Gasteiger partial charge in [-0.25, -0.2) is 4.98 Å². The lowest BCUT2D eigenvalue weighted by atomic mass is 10.1. The fourth-order valence-corrected chi connectivity index (χ4v) is 3.37. The molecule has 0 amide bonds. The number of hydrogen-bond acceptors (Lipinski definition) is 2. The molecule has 0 aromatic carbocycles. The molecule has 0 aliphatic heterocycles. The number of halogens is 1. The summed E-state index contributed by atoms with van der Waals surface area (Å²) >= 11 is 6.13. The van der Waals surface area contributed by atoms with Crippen molar-refractivity contribution < 1.29 is 0 Å². The Kier molecular flexibility index (Phi) is 4.50. The predicted molar refractivity (Wildman–Crippen MR) is 78.5 cm³/mol. The Morgan fingerprint density at radius 1 is 1.33 bits per heavy atom. The maximum atomic E-state index is 6.13. The minimum absolute atomic E-state index is 0.553. The molecule has 0 bridgehead atoms. The highest BCUT2D eigenvalue weighted by molar-refractivity contribution is 6.17. The topological polar surface area (TPSA) is 16.1 Å². The fraction of sp³-hybridized carbons (Fsp3) is 0.667. The van der Waals surface area contributed by atoms with Gasteiger partial charge >= 0.3 is 0 Å². The summed E-state index contributed by atoms with van der Waals surface area (Å²) in [5, 5.41) is 0. The van der Waals surface area contributed by atoms with Crippen LogP contribution in [0.2, 0.25) is 0 Å². The zero-order valence-electron chi connectivity index (χ0n) is 11.7. The summed E-state index contributed by atoms with van der Waals surface area (Å²) in [5.41, 5.74) is 3.56. The number of aryl methyl sites for hydroxylation is 2. The second kappa shape index (κ2) is 5.92. The lowest BCUT2D eigenvalue weighted by Crippen LogP contribution is -2.34. The third kappa shape index (κ3) is 2.64. The van der Waals surface area contributed by atoms with Crippen molar-refractivity contribution in [3.63, 3.8) is 0 Å². The van der Waals surface area contributed by atoms with Gasteiger partial charge in [-0.3, -0.25) is 0 Å². The van der Waals surface area contributed by atoms with Crippen molar-refractivity contribution in [1.82, 2.24) is 4.98 Å². The Morgan fingerprint density at radius 2 is 2.00 bits per heavy atom. The minimum atomic E-state index is 0.553. The molecule has 1 aliphatic carbocycles. The first-order valence-electron chi connectivity index (χ1n) is 6.97. The minimum Gasteiger partial charge on any atom is -0.354 e.